The molecule has 0 N–H and O–H groups in total. The summed E-state index contributed by atoms with van der Waals surface area (Å²) in [5.74, 6) is -0.808. The minimum absolute atomic E-state index is 0.0542. The third-order valence-corrected chi connectivity index (χ3v) is 8.28. The fourth-order valence-corrected chi connectivity index (χ4v) is 6.04. The summed E-state index contributed by atoms with van der Waals surface area (Å²) < 4.78 is 32.0. The van der Waals surface area contributed by atoms with Crippen molar-refractivity contribution < 1.29 is 13.6 Å². The van der Waals surface area contributed by atoms with E-state index in [0.29, 0.717) is 29.3 Å². The second kappa shape index (κ2) is 8.89. The van der Waals surface area contributed by atoms with Crippen LogP contribution >= 0.6 is 0 Å². The summed E-state index contributed by atoms with van der Waals surface area (Å²) >= 11 is 0. The molecule has 4 aromatic rings. The van der Waals surface area contributed by atoms with E-state index in [1.54, 1.807) is 10.6 Å². The summed E-state index contributed by atoms with van der Waals surface area (Å²) in [5.41, 5.74) is 4.89. The first-order chi connectivity index (χ1) is 18.5. The van der Waals surface area contributed by atoms with E-state index in [1.165, 1.54) is 17.7 Å². The third kappa shape index (κ3) is 3.85. The van der Waals surface area contributed by atoms with Crippen molar-refractivity contribution in [3.63, 3.8) is 0 Å². The molecule has 194 valence electrons. The van der Waals surface area contributed by atoms with Crippen LogP contribution in [0.1, 0.15) is 71.9 Å². The Kier molecular flexibility index (Phi) is 5.46. The Hall–Kier alpha value is -3.81. The molecule has 6 nitrogen and oxygen atoms in total. The van der Waals surface area contributed by atoms with E-state index in [1.807, 2.05) is 28.0 Å². The van der Waals surface area contributed by atoms with E-state index >= 15 is 8.78 Å². The minimum atomic E-state index is -0.512. The van der Waals surface area contributed by atoms with Crippen molar-refractivity contribution in [2.75, 3.05) is 24.5 Å². The molecule has 2 fully saturated rings. The van der Waals surface area contributed by atoms with Crippen LogP contribution in [-0.4, -0.2) is 45.0 Å². The van der Waals surface area contributed by atoms with E-state index in [4.69, 9.17) is 0 Å². The Balaban J connectivity index is 1.26. The molecular weight excluding hydrogens is 484 g/mol. The average Bonchev–Trinajstić information content (AvgIpc) is 3.45. The summed E-state index contributed by atoms with van der Waals surface area (Å²) in [7, 11) is 0. The molecule has 1 aliphatic carbocycles. The number of benzene rings is 2. The minimum Gasteiger partial charge on any atom is -0.369 e. The zero-order valence-corrected chi connectivity index (χ0v) is 21.3. The molecule has 2 aliphatic heterocycles. The number of anilines is 1. The summed E-state index contributed by atoms with van der Waals surface area (Å²) in [4.78, 5) is 22.2. The molecule has 3 aliphatic rings. The average molecular weight is 514 g/mol. The first kappa shape index (κ1) is 23.3. The molecule has 1 amide bonds. The monoisotopic (exact) mass is 513 g/mol. The van der Waals surface area contributed by atoms with Crippen LogP contribution in [0.5, 0.6) is 0 Å². The lowest BCUT2D eigenvalue weighted by Gasteiger charge is -2.35. The lowest BCUT2D eigenvalue weighted by atomic mass is 9.93. The molecule has 1 saturated heterocycles. The van der Waals surface area contributed by atoms with Gasteiger partial charge in [0.05, 0.1) is 17.4 Å². The van der Waals surface area contributed by atoms with Gasteiger partial charge in [0, 0.05) is 48.9 Å². The van der Waals surface area contributed by atoms with Crippen molar-refractivity contribution in [3.8, 4) is 11.3 Å². The Morgan fingerprint density at radius 1 is 0.974 bits per heavy atom. The normalized spacial score (nSPS) is 19.3. The van der Waals surface area contributed by atoms with Gasteiger partial charge >= 0.3 is 0 Å². The van der Waals surface area contributed by atoms with Crippen molar-refractivity contribution in [2.24, 2.45) is 0 Å². The second-order valence-electron chi connectivity index (χ2n) is 10.7. The van der Waals surface area contributed by atoms with Gasteiger partial charge < -0.3 is 9.80 Å². The van der Waals surface area contributed by atoms with Gasteiger partial charge in [0.2, 0.25) is 0 Å². The summed E-state index contributed by atoms with van der Waals surface area (Å²) in [6, 6.07) is 14.2. The van der Waals surface area contributed by atoms with Crippen LogP contribution in [0.3, 0.4) is 0 Å². The quantitative estimate of drug-likeness (QED) is 0.340. The van der Waals surface area contributed by atoms with Crippen LogP contribution in [0.2, 0.25) is 0 Å². The predicted molar refractivity (Wildman–Crippen MR) is 141 cm³/mol. The molecule has 38 heavy (non-hydrogen) atoms. The van der Waals surface area contributed by atoms with E-state index in [0.717, 1.165) is 56.5 Å². The van der Waals surface area contributed by atoms with Gasteiger partial charge in [-0.3, -0.25) is 4.79 Å². The number of carbonyl (C=O) groups excluding carboxylic acids is 1. The number of halogens is 2. The lowest BCUT2D eigenvalue weighted by molar-refractivity contribution is 0.0671. The highest BCUT2D eigenvalue weighted by molar-refractivity contribution is 5.93. The number of carbonyl (C=O) groups is 1. The fraction of sp³-hybridized carbons (Fsp3) is 0.367. The van der Waals surface area contributed by atoms with Crippen LogP contribution in [-0.2, 0) is 6.42 Å². The molecule has 0 spiro atoms. The summed E-state index contributed by atoms with van der Waals surface area (Å²) in [5, 5.41) is 4.64. The third-order valence-electron chi connectivity index (χ3n) is 8.28. The molecule has 2 aromatic carbocycles. The van der Waals surface area contributed by atoms with Gasteiger partial charge in [-0.05, 0) is 62.3 Å². The van der Waals surface area contributed by atoms with Gasteiger partial charge in [0.25, 0.3) is 5.91 Å². The highest BCUT2D eigenvalue weighted by atomic mass is 19.1. The van der Waals surface area contributed by atoms with Gasteiger partial charge in [-0.25, -0.2) is 18.3 Å². The molecule has 2 aromatic heterocycles. The Morgan fingerprint density at radius 3 is 2.55 bits per heavy atom. The molecule has 8 heteroatoms. The Morgan fingerprint density at radius 2 is 1.76 bits per heavy atom. The number of fused-ring (bicyclic) bond motifs is 2. The molecule has 0 bridgehead atoms. The van der Waals surface area contributed by atoms with E-state index < -0.39 is 11.6 Å². The number of rotatable bonds is 4. The number of nitrogens with zero attached hydrogens (tertiary/aromatic N) is 5. The maximum Gasteiger partial charge on any atom is 0.273 e. The number of hydrogen-bond donors (Lipinski definition) is 0. The van der Waals surface area contributed by atoms with Crippen LogP contribution in [0.4, 0.5) is 14.5 Å². The van der Waals surface area contributed by atoms with E-state index in [9.17, 15) is 4.79 Å². The van der Waals surface area contributed by atoms with Gasteiger partial charge in [0.1, 0.15) is 17.3 Å². The van der Waals surface area contributed by atoms with Crippen molar-refractivity contribution in [3.05, 3.63) is 82.7 Å². The molecule has 4 heterocycles. The topological polar surface area (TPSA) is 53.7 Å². The fourth-order valence-electron chi connectivity index (χ4n) is 6.04. The zero-order valence-electron chi connectivity index (χ0n) is 21.3. The summed E-state index contributed by atoms with van der Waals surface area (Å²) in [6.45, 7) is 4.14. The lowest BCUT2D eigenvalue weighted by Crippen LogP contribution is -2.39. The zero-order chi connectivity index (χ0) is 26.0. The maximum absolute atomic E-state index is 15.3. The molecule has 0 unspecified atom stereocenters. The number of aromatic nitrogens is 3. The van der Waals surface area contributed by atoms with Gasteiger partial charge in [-0.2, -0.15) is 5.10 Å². The van der Waals surface area contributed by atoms with E-state index in [-0.39, 0.29) is 23.4 Å². The van der Waals surface area contributed by atoms with Crippen molar-refractivity contribution in [1.29, 1.82) is 0 Å². The summed E-state index contributed by atoms with van der Waals surface area (Å²) in [6.07, 6.45) is 4.77. The predicted octanol–water partition coefficient (Wildman–Crippen LogP) is 5.91. The smallest absolute Gasteiger partial charge is 0.273 e. The highest BCUT2D eigenvalue weighted by Gasteiger charge is 2.33. The van der Waals surface area contributed by atoms with Gasteiger partial charge in [0.15, 0.2) is 5.65 Å². The first-order valence-electron chi connectivity index (χ1n) is 13.5. The van der Waals surface area contributed by atoms with Crippen molar-refractivity contribution >= 4 is 17.2 Å². The van der Waals surface area contributed by atoms with Crippen LogP contribution in [0.15, 0.2) is 48.5 Å². The second-order valence-corrected chi connectivity index (χ2v) is 10.7. The Labute approximate surface area is 219 Å². The Bertz CT molecular complexity index is 1570. The SMILES string of the molecule is C[C@@H]1c2ccccc2CCN1C(=O)c1cc(C2CC2)n2nc(-c3cc(F)c(N4CCCC4)cc3F)cc2n1. The van der Waals surface area contributed by atoms with Crippen molar-refractivity contribution in [1.82, 2.24) is 19.5 Å². The maximum atomic E-state index is 15.3. The van der Waals surface area contributed by atoms with Crippen LogP contribution in [0, 0.1) is 11.6 Å². The standard InChI is InChI=1S/C30H29F2N5O/c1-18-21-7-3-2-6-19(21)10-13-36(18)30(38)26-16-27(20-8-9-20)37-29(33-26)17-25(34-37)22-14-24(32)28(15-23(22)31)35-11-4-5-12-35/h2-3,6-7,14-18,20H,4-5,8-13H2,1H3/t18-/m1/s1. The number of hydrogen-bond acceptors (Lipinski definition) is 4. The molecular formula is C30H29F2N5O. The molecule has 0 radical (unpaired) electrons. The van der Waals surface area contributed by atoms with E-state index in [2.05, 4.69) is 29.1 Å². The largest absolute Gasteiger partial charge is 0.369 e. The van der Waals surface area contributed by atoms with Crippen LogP contribution < -0.4 is 4.90 Å². The molecule has 7 rings (SSSR count). The number of amides is 1. The highest BCUT2D eigenvalue weighted by Crippen LogP contribution is 2.41. The van der Waals surface area contributed by atoms with Gasteiger partial charge in [-0.1, -0.05) is 24.3 Å². The van der Waals surface area contributed by atoms with Crippen molar-refractivity contribution in [2.45, 2.75) is 51.0 Å². The first-order valence-corrected chi connectivity index (χ1v) is 13.5. The molecule has 1 atom stereocenters. The van der Waals surface area contributed by atoms with Gasteiger partial charge in [-0.15, -0.1) is 0 Å². The molecule has 1 saturated carbocycles. The van der Waals surface area contributed by atoms with Crippen LogP contribution in [0.25, 0.3) is 16.9 Å².